The molecule has 0 saturated carbocycles. The Morgan fingerprint density at radius 1 is 1.43 bits per heavy atom. The Balaban J connectivity index is 4.69. The summed E-state index contributed by atoms with van der Waals surface area (Å²) in [5.74, 6) is 0. The van der Waals surface area contributed by atoms with Crippen LogP contribution in [0.1, 0.15) is 6.92 Å². The third kappa shape index (κ3) is 4.99. The Morgan fingerprint density at radius 3 is 2.36 bits per heavy atom. The van der Waals surface area contributed by atoms with E-state index in [0.717, 1.165) is 12.2 Å². The number of aliphatic hydroxyl groups is 1. The first-order valence-corrected chi connectivity index (χ1v) is 3.71. The summed E-state index contributed by atoms with van der Waals surface area (Å²) in [4.78, 5) is 18.9. The van der Waals surface area contributed by atoms with Gasteiger partial charge in [-0.05, 0) is 12.5 Å². The number of hydrogen-bond donors (Lipinski definition) is 1. The van der Waals surface area contributed by atoms with Crippen molar-refractivity contribution in [1.29, 1.82) is 0 Å². The van der Waals surface area contributed by atoms with Gasteiger partial charge < -0.3 is 5.11 Å². The van der Waals surface area contributed by atoms with Crippen LogP contribution in [0.5, 0.6) is 0 Å². The van der Waals surface area contributed by atoms with Crippen LogP contribution in [0.4, 0.5) is 0 Å². The van der Waals surface area contributed by atoms with Crippen molar-refractivity contribution in [2.75, 3.05) is 13.2 Å². The Kier molecular flexibility index (Phi) is 5.08. The Bertz CT molecular complexity index is 294. The highest BCUT2D eigenvalue weighted by atomic mass is 16.6. The first-order chi connectivity index (χ1) is 6.47. The molecule has 0 atom stereocenters. The lowest BCUT2D eigenvalue weighted by Gasteiger charge is -1.93. The maximum Gasteiger partial charge on any atom is 0.272 e. The van der Waals surface area contributed by atoms with E-state index in [1.807, 2.05) is 0 Å². The maximum absolute atomic E-state index is 10.4. The third-order valence-electron chi connectivity index (χ3n) is 1.30. The highest BCUT2D eigenvalue weighted by Gasteiger charge is 2.08. The molecule has 0 fully saturated rings. The van der Waals surface area contributed by atoms with Crippen LogP contribution in [0, 0.1) is 20.2 Å². The fraction of sp³-hybridized carbons (Fsp3) is 0.429. The summed E-state index contributed by atoms with van der Waals surface area (Å²) in [6.45, 7) is 0.568. The van der Waals surface area contributed by atoms with Crippen LogP contribution in [0.15, 0.2) is 23.4 Å². The predicted molar refractivity (Wildman–Crippen MR) is 47.8 cm³/mol. The second kappa shape index (κ2) is 5.81. The summed E-state index contributed by atoms with van der Waals surface area (Å²) in [6.07, 6.45) is 1.99. The standard InChI is InChI=1S/C7H10N2O5/c1-6(5-10)4-7(9(13)14)2-3-8(11)12/h2,4,10H,3,5H2,1H3/b6-4+,7-2+. The number of nitrogens with zero attached hydrogens (tertiary/aromatic N) is 2. The van der Waals surface area contributed by atoms with Crippen molar-refractivity contribution < 1.29 is 15.0 Å². The van der Waals surface area contributed by atoms with Crippen LogP contribution in [-0.2, 0) is 0 Å². The molecule has 0 aromatic rings. The van der Waals surface area contributed by atoms with E-state index < -0.39 is 16.4 Å². The van der Waals surface area contributed by atoms with Gasteiger partial charge in [0, 0.05) is 11.0 Å². The van der Waals surface area contributed by atoms with Gasteiger partial charge >= 0.3 is 0 Å². The van der Waals surface area contributed by atoms with Crippen LogP contribution >= 0.6 is 0 Å². The minimum Gasteiger partial charge on any atom is -0.392 e. The molecule has 0 aromatic carbocycles. The monoisotopic (exact) mass is 202 g/mol. The molecule has 7 heteroatoms. The van der Waals surface area contributed by atoms with Crippen molar-refractivity contribution in [3.8, 4) is 0 Å². The van der Waals surface area contributed by atoms with Crippen LogP contribution in [0.3, 0.4) is 0 Å². The molecule has 1 N–H and O–H groups in total. The molecule has 0 rings (SSSR count). The lowest BCUT2D eigenvalue weighted by Crippen LogP contribution is -2.03. The first kappa shape index (κ1) is 12.2. The van der Waals surface area contributed by atoms with E-state index in [1.54, 1.807) is 0 Å². The van der Waals surface area contributed by atoms with Gasteiger partial charge in [0.2, 0.25) is 6.54 Å². The smallest absolute Gasteiger partial charge is 0.272 e. The summed E-state index contributed by atoms with van der Waals surface area (Å²) in [6, 6.07) is 0. The fourth-order valence-corrected chi connectivity index (χ4v) is 0.652. The third-order valence-corrected chi connectivity index (χ3v) is 1.30. The molecule has 0 saturated heterocycles. The van der Waals surface area contributed by atoms with Crippen molar-refractivity contribution in [3.05, 3.63) is 43.7 Å². The van der Waals surface area contributed by atoms with Crippen LogP contribution in [-0.4, -0.2) is 28.1 Å². The van der Waals surface area contributed by atoms with Gasteiger partial charge in [-0.25, -0.2) is 0 Å². The normalized spacial score (nSPS) is 12.7. The average molecular weight is 202 g/mol. The molecule has 0 aromatic heterocycles. The predicted octanol–water partition coefficient (Wildman–Crippen LogP) is 0.362. The largest absolute Gasteiger partial charge is 0.392 e. The topological polar surface area (TPSA) is 107 Å². The summed E-state index contributed by atoms with van der Waals surface area (Å²) < 4.78 is 0. The van der Waals surface area contributed by atoms with Crippen molar-refractivity contribution in [3.63, 3.8) is 0 Å². The molecule has 0 spiro atoms. The number of aliphatic hydroxyl groups excluding tert-OH is 1. The lowest BCUT2D eigenvalue weighted by molar-refractivity contribution is -0.471. The Labute approximate surface area is 79.6 Å². The van der Waals surface area contributed by atoms with Gasteiger partial charge in [-0.1, -0.05) is 0 Å². The highest BCUT2D eigenvalue weighted by Crippen LogP contribution is 2.02. The summed E-state index contributed by atoms with van der Waals surface area (Å²) >= 11 is 0. The average Bonchev–Trinajstić information content (AvgIpc) is 2.10. The van der Waals surface area contributed by atoms with Crippen LogP contribution < -0.4 is 0 Å². The molecule has 0 aliphatic heterocycles. The number of allylic oxidation sites excluding steroid dienone is 1. The first-order valence-electron chi connectivity index (χ1n) is 3.71. The SMILES string of the molecule is C/C(=C\C(=C/C[N+](=O)[O-])[N+](=O)[O-])CO. The zero-order chi connectivity index (χ0) is 11.1. The summed E-state index contributed by atoms with van der Waals surface area (Å²) in [7, 11) is 0. The molecule has 0 heterocycles. The van der Waals surface area contributed by atoms with E-state index in [-0.39, 0.29) is 12.3 Å². The molecule has 7 nitrogen and oxygen atoms in total. The Hall–Kier alpha value is -1.76. The molecular formula is C7H10N2O5. The lowest BCUT2D eigenvalue weighted by atomic mass is 10.2. The number of nitro groups is 2. The fourth-order valence-electron chi connectivity index (χ4n) is 0.652. The highest BCUT2D eigenvalue weighted by molar-refractivity contribution is 5.16. The minimum absolute atomic E-state index is 0.316. The van der Waals surface area contributed by atoms with E-state index in [2.05, 4.69) is 0 Å². The van der Waals surface area contributed by atoms with E-state index in [9.17, 15) is 20.2 Å². The van der Waals surface area contributed by atoms with E-state index >= 15 is 0 Å². The molecular weight excluding hydrogens is 192 g/mol. The van der Waals surface area contributed by atoms with Crippen molar-refractivity contribution >= 4 is 0 Å². The molecule has 0 aliphatic rings. The molecule has 0 radical (unpaired) electrons. The number of rotatable bonds is 5. The molecule has 0 unspecified atom stereocenters. The van der Waals surface area contributed by atoms with Crippen molar-refractivity contribution in [2.45, 2.75) is 6.92 Å². The van der Waals surface area contributed by atoms with Gasteiger partial charge in [0.05, 0.1) is 17.6 Å². The zero-order valence-electron chi connectivity index (χ0n) is 7.54. The molecule has 0 bridgehead atoms. The Morgan fingerprint density at radius 2 is 2.00 bits per heavy atom. The van der Waals surface area contributed by atoms with Crippen LogP contribution in [0.25, 0.3) is 0 Å². The maximum atomic E-state index is 10.4. The van der Waals surface area contributed by atoms with Gasteiger partial charge in [-0.3, -0.25) is 20.2 Å². The molecule has 0 amide bonds. The van der Waals surface area contributed by atoms with Gasteiger partial charge in [-0.15, -0.1) is 0 Å². The van der Waals surface area contributed by atoms with E-state index in [0.29, 0.717) is 5.57 Å². The molecule has 78 valence electrons. The van der Waals surface area contributed by atoms with Gasteiger partial charge in [0.25, 0.3) is 5.70 Å². The number of hydrogen-bond acceptors (Lipinski definition) is 5. The van der Waals surface area contributed by atoms with Crippen molar-refractivity contribution in [2.24, 2.45) is 0 Å². The zero-order valence-corrected chi connectivity index (χ0v) is 7.54. The van der Waals surface area contributed by atoms with Crippen molar-refractivity contribution in [1.82, 2.24) is 0 Å². The van der Waals surface area contributed by atoms with Gasteiger partial charge in [0.15, 0.2) is 0 Å². The van der Waals surface area contributed by atoms with Crippen LogP contribution in [0.2, 0.25) is 0 Å². The molecule has 0 aliphatic carbocycles. The quantitative estimate of drug-likeness (QED) is 0.393. The summed E-state index contributed by atoms with van der Waals surface area (Å²) in [5.41, 5.74) is -0.00968. The van der Waals surface area contributed by atoms with E-state index in [4.69, 9.17) is 5.11 Å². The van der Waals surface area contributed by atoms with E-state index in [1.165, 1.54) is 6.92 Å². The minimum atomic E-state index is -0.733. The second-order valence-corrected chi connectivity index (χ2v) is 2.55. The van der Waals surface area contributed by atoms with Gasteiger partial charge in [-0.2, -0.15) is 0 Å². The second-order valence-electron chi connectivity index (χ2n) is 2.55. The summed E-state index contributed by atoms with van der Waals surface area (Å²) in [5, 5.41) is 28.9. The van der Waals surface area contributed by atoms with Gasteiger partial charge in [0.1, 0.15) is 0 Å². The molecule has 14 heavy (non-hydrogen) atoms.